The van der Waals surface area contributed by atoms with Crippen LogP contribution in [0.2, 0.25) is 0 Å². The fourth-order valence-electron chi connectivity index (χ4n) is 5.39. The van der Waals surface area contributed by atoms with Gasteiger partial charge in [-0.1, -0.05) is 6.07 Å². The van der Waals surface area contributed by atoms with Crippen LogP contribution in [0.5, 0.6) is 0 Å². The van der Waals surface area contributed by atoms with E-state index in [0.717, 1.165) is 69.7 Å². The van der Waals surface area contributed by atoms with Gasteiger partial charge in [-0.2, -0.15) is 13.2 Å². The number of carbonyl (C=O) groups excluding carboxylic acids is 2. The molecule has 38 heavy (non-hydrogen) atoms. The normalized spacial score (nSPS) is 20.7. The maximum Gasteiger partial charge on any atom is 0.416 e. The second-order valence-electron chi connectivity index (χ2n) is 10.1. The molecule has 0 bridgehead atoms. The lowest BCUT2D eigenvalue weighted by molar-refractivity contribution is -0.137. The lowest BCUT2D eigenvalue weighted by Crippen LogP contribution is -2.35. The number of amides is 1. The van der Waals surface area contributed by atoms with Crippen LogP contribution < -0.4 is 10.2 Å². The summed E-state index contributed by atoms with van der Waals surface area (Å²) in [5.41, 5.74) is 0.266. The Balaban J connectivity index is 1.22. The molecule has 4 rings (SSSR count). The molecule has 0 aromatic heterocycles. The monoisotopic (exact) mass is 531 g/mol. The molecule has 2 atom stereocenters. The summed E-state index contributed by atoms with van der Waals surface area (Å²) in [6.45, 7) is 3.30. The van der Waals surface area contributed by atoms with E-state index in [4.69, 9.17) is 5.11 Å². The standard InChI is InChI=1S/C28H32F3N3O4/c29-28(30,31)22-4-1-3-21(16-22)26(36)32-17-25(35)15-19-10-13-34(18-19)23-5-2-12-33(14-11-23)24-8-6-20(7-9-24)27(37)38/h1,3-4,6-9,16,19,23H,2,5,10-15,17-18H2,(H,32,36)(H,37,38)/t19-,23?/m0/s1. The maximum atomic E-state index is 12.9. The number of carboxylic acid groups (broad SMARTS) is 1. The summed E-state index contributed by atoms with van der Waals surface area (Å²) >= 11 is 0. The van der Waals surface area contributed by atoms with E-state index in [2.05, 4.69) is 15.1 Å². The fourth-order valence-corrected chi connectivity index (χ4v) is 5.39. The van der Waals surface area contributed by atoms with E-state index in [-0.39, 0.29) is 29.4 Å². The maximum absolute atomic E-state index is 12.9. The Morgan fingerprint density at radius 2 is 1.71 bits per heavy atom. The third-order valence-corrected chi connectivity index (χ3v) is 7.43. The van der Waals surface area contributed by atoms with Crippen LogP contribution in [-0.4, -0.2) is 66.4 Å². The molecule has 2 aromatic rings. The molecule has 10 heteroatoms. The summed E-state index contributed by atoms with van der Waals surface area (Å²) in [7, 11) is 0. The van der Waals surface area contributed by atoms with Crippen molar-refractivity contribution in [1.29, 1.82) is 0 Å². The Bertz CT molecular complexity index is 1150. The zero-order valence-electron chi connectivity index (χ0n) is 21.0. The number of rotatable bonds is 8. The Morgan fingerprint density at radius 3 is 2.42 bits per heavy atom. The van der Waals surface area contributed by atoms with Crippen LogP contribution in [0.15, 0.2) is 48.5 Å². The topological polar surface area (TPSA) is 90.0 Å². The van der Waals surface area contributed by atoms with Crippen molar-refractivity contribution in [3.8, 4) is 0 Å². The van der Waals surface area contributed by atoms with Gasteiger partial charge < -0.3 is 20.2 Å². The van der Waals surface area contributed by atoms with Gasteiger partial charge in [-0.15, -0.1) is 0 Å². The lowest BCUT2D eigenvalue weighted by Gasteiger charge is -2.27. The molecule has 7 nitrogen and oxygen atoms in total. The number of alkyl halides is 3. The molecule has 2 aliphatic heterocycles. The minimum atomic E-state index is -4.54. The zero-order chi connectivity index (χ0) is 27.3. The van der Waals surface area contributed by atoms with E-state index in [1.54, 1.807) is 12.1 Å². The number of hydrogen-bond donors (Lipinski definition) is 2. The number of Topliss-reactive ketones (excluding diaryl/α,β-unsaturated/α-hetero) is 1. The molecule has 0 spiro atoms. The molecule has 2 saturated heterocycles. The molecule has 204 valence electrons. The van der Waals surface area contributed by atoms with Gasteiger partial charge in [0.05, 0.1) is 17.7 Å². The number of benzene rings is 2. The lowest BCUT2D eigenvalue weighted by atomic mass is 10.0. The van der Waals surface area contributed by atoms with Gasteiger partial charge in [0, 0.05) is 43.3 Å². The number of carbonyl (C=O) groups is 3. The van der Waals surface area contributed by atoms with Crippen molar-refractivity contribution in [2.24, 2.45) is 5.92 Å². The van der Waals surface area contributed by atoms with Gasteiger partial charge in [0.15, 0.2) is 5.78 Å². The summed E-state index contributed by atoms with van der Waals surface area (Å²) < 4.78 is 38.7. The minimum absolute atomic E-state index is 0.125. The highest BCUT2D eigenvalue weighted by Crippen LogP contribution is 2.30. The van der Waals surface area contributed by atoms with Crippen molar-refractivity contribution in [3.05, 3.63) is 65.2 Å². The minimum Gasteiger partial charge on any atom is -0.478 e. The average Bonchev–Trinajstić information content (AvgIpc) is 3.21. The number of hydrogen-bond acceptors (Lipinski definition) is 5. The average molecular weight is 532 g/mol. The first-order valence-corrected chi connectivity index (χ1v) is 12.9. The van der Waals surface area contributed by atoms with Crippen molar-refractivity contribution in [2.75, 3.05) is 37.6 Å². The second kappa shape index (κ2) is 12.0. The van der Waals surface area contributed by atoms with Crippen LogP contribution in [0.4, 0.5) is 18.9 Å². The van der Waals surface area contributed by atoms with Gasteiger partial charge in [0.1, 0.15) is 0 Å². The molecule has 0 radical (unpaired) electrons. The van der Waals surface area contributed by atoms with E-state index in [9.17, 15) is 27.6 Å². The van der Waals surface area contributed by atoms with Crippen LogP contribution in [0.3, 0.4) is 0 Å². The first-order chi connectivity index (χ1) is 18.1. The Morgan fingerprint density at radius 1 is 0.947 bits per heavy atom. The van der Waals surface area contributed by atoms with E-state index >= 15 is 0 Å². The van der Waals surface area contributed by atoms with Crippen molar-refractivity contribution >= 4 is 23.3 Å². The van der Waals surface area contributed by atoms with Crippen LogP contribution in [-0.2, 0) is 11.0 Å². The van der Waals surface area contributed by atoms with Gasteiger partial charge in [-0.05, 0) is 80.6 Å². The van der Waals surface area contributed by atoms with E-state index in [1.807, 2.05) is 12.1 Å². The smallest absolute Gasteiger partial charge is 0.416 e. The summed E-state index contributed by atoms with van der Waals surface area (Å²) in [4.78, 5) is 40.6. The number of halogens is 3. The Kier molecular flexibility index (Phi) is 8.71. The quantitative estimate of drug-likeness (QED) is 0.523. The molecule has 1 amide bonds. The highest BCUT2D eigenvalue weighted by Gasteiger charge is 2.32. The van der Waals surface area contributed by atoms with E-state index in [1.165, 1.54) is 12.1 Å². The van der Waals surface area contributed by atoms with Gasteiger partial charge in [-0.25, -0.2) is 4.79 Å². The third-order valence-electron chi connectivity index (χ3n) is 7.43. The van der Waals surface area contributed by atoms with Crippen LogP contribution in [0, 0.1) is 5.92 Å². The second-order valence-corrected chi connectivity index (χ2v) is 10.1. The van der Waals surface area contributed by atoms with Crippen molar-refractivity contribution < 1.29 is 32.7 Å². The molecular formula is C28H32F3N3O4. The number of anilines is 1. The largest absolute Gasteiger partial charge is 0.478 e. The summed E-state index contributed by atoms with van der Waals surface area (Å²) in [5, 5.41) is 11.6. The molecule has 1 unspecified atom stereocenters. The summed E-state index contributed by atoms with van der Waals surface area (Å²) in [5.74, 6) is -1.57. The third kappa shape index (κ3) is 7.12. The van der Waals surface area contributed by atoms with Gasteiger partial charge in [0.25, 0.3) is 5.91 Å². The van der Waals surface area contributed by atoms with Crippen molar-refractivity contribution in [1.82, 2.24) is 10.2 Å². The first kappa shape index (κ1) is 27.6. The Labute approximate surface area is 219 Å². The number of carboxylic acids is 1. The van der Waals surface area contributed by atoms with E-state index < -0.39 is 23.6 Å². The fraction of sp³-hybridized carbons (Fsp3) is 0.464. The number of likely N-dealkylation sites (tertiary alicyclic amines) is 1. The van der Waals surface area contributed by atoms with Crippen LogP contribution >= 0.6 is 0 Å². The number of nitrogens with one attached hydrogen (secondary N) is 1. The zero-order valence-corrected chi connectivity index (χ0v) is 21.0. The molecule has 2 fully saturated rings. The molecule has 0 saturated carbocycles. The van der Waals surface area contributed by atoms with Crippen LogP contribution in [0.1, 0.15) is 58.4 Å². The van der Waals surface area contributed by atoms with Gasteiger partial charge in [0.2, 0.25) is 0 Å². The predicted molar refractivity (Wildman–Crippen MR) is 136 cm³/mol. The molecule has 2 heterocycles. The Hall–Kier alpha value is -3.40. The molecule has 2 aromatic carbocycles. The summed E-state index contributed by atoms with van der Waals surface area (Å²) in [6.07, 6.45) is -0.263. The SMILES string of the molecule is O=C(CNC(=O)c1cccc(C(F)(F)F)c1)C[C@@H]1CCN(C2CCCN(c3ccc(C(=O)O)cc3)CC2)C1. The molecule has 2 N–H and O–H groups in total. The molecule has 2 aliphatic rings. The first-order valence-electron chi connectivity index (χ1n) is 12.9. The van der Waals surface area contributed by atoms with Gasteiger partial charge in [-0.3, -0.25) is 9.59 Å². The van der Waals surface area contributed by atoms with Crippen LogP contribution in [0.25, 0.3) is 0 Å². The highest BCUT2D eigenvalue weighted by molar-refractivity contribution is 5.97. The molecule has 0 aliphatic carbocycles. The van der Waals surface area contributed by atoms with E-state index in [0.29, 0.717) is 12.5 Å². The molecular weight excluding hydrogens is 499 g/mol. The predicted octanol–water partition coefficient (Wildman–Crippen LogP) is 4.47. The van der Waals surface area contributed by atoms with Gasteiger partial charge >= 0.3 is 12.1 Å². The number of aromatic carboxylic acids is 1. The summed E-state index contributed by atoms with van der Waals surface area (Å²) in [6, 6.07) is 11.5. The number of ketones is 1. The van der Waals surface area contributed by atoms with Crippen molar-refractivity contribution in [3.63, 3.8) is 0 Å². The highest BCUT2D eigenvalue weighted by atomic mass is 19.4. The van der Waals surface area contributed by atoms with Crippen molar-refractivity contribution in [2.45, 2.75) is 44.3 Å². The number of nitrogens with zero attached hydrogens (tertiary/aromatic N) is 2.